The van der Waals surface area contributed by atoms with Crippen molar-refractivity contribution >= 4 is 35.1 Å². The van der Waals surface area contributed by atoms with Gasteiger partial charge in [-0.2, -0.15) is 0 Å². The van der Waals surface area contributed by atoms with Gasteiger partial charge in [0.15, 0.2) is 0 Å². The summed E-state index contributed by atoms with van der Waals surface area (Å²) in [5.41, 5.74) is 0.250. The van der Waals surface area contributed by atoms with E-state index in [0.717, 1.165) is 0 Å². The highest BCUT2D eigenvalue weighted by atomic mass is 35.5. The van der Waals surface area contributed by atoms with Crippen LogP contribution in [0.4, 0.5) is 0 Å². The molecule has 102 valence electrons. The van der Waals surface area contributed by atoms with Crippen molar-refractivity contribution in [1.82, 2.24) is 10.3 Å². The Morgan fingerprint density at radius 2 is 2.11 bits per heavy atom. The van der Waals surface area contributed by atoms with Crippen LogP contribution in [0.2, 0.25) is 10.2 Å². The summed E-state index contributed by atoms with van der Waals surface area (Å²) in [6.07, 6.45) is 2.98. The maximum Gasteiger partial charge on any atom is 0.306 e. The first kappa shape index (κ1) is 14.1. The fourth-order valence-corrected chi connectivity index (χ4v) is 2.53. The molecule has 0 radical (unpaired) electrons. The van der Waals surface area contributed by atoms with Gasteiger partial charge in [-0.15, -0.1) is 0 Å². The van der Waals surface area contributed by atoms with E-state index in [2.05, 4.69) is 10.3 Å². The van der Waals surface area contributed by atoms with E-state index in [1.165, 1.54) is 12.3 Å². The number of halogens is 2. The second kappa shape index (κ2) is 5.75. The lowest BCUT2D eigenvalue weighted by atomic mass is 10.1. The third-order valence-electron chi connectivity index (χ3n) is 3.18. The summed E-state index contributed by atoms with van der Waals surface area (Å²) in [6, 6.07) is 1.25. The molecule has 1 aliphatic carbocycles. The molecule has 0 bridgehead atoms. The van der Waals surface area contributed by atoms with Crippen LogP contribution in [0.5, 0.6) is 0 Å². The molecule has 1 aromatic rings. The molecule has 1 fully saturated rings. The molecule has 2 atom stereocenters. The maximum atomic E-state index is 12.0. The first-order valence-corrected chi connectivity index (χ1v) is 6.57. The van der Waals surface area contributed by atoms with Gasteiger partial charge in [0.2, 0.25) is 0 Å². The van der Waals surface area contributed by atoms with E-state index in [9.17, 15) is 9.59 Å². The van der Waals surface area contributed by atoms with E-state index in [4.69, 9.17) is 28.3 Å². The van der Waals surface area contributed by atoms with Crippen LogP contribution in [-0.4, -0.2) is 28.0 Å². The highest BCUT2D eigenvalue weighted by Gasteiger charge is 2.30. The molecule has 1 heterocycles. The lowest BCUT2D eigenvalue weighted by Crippen LogP contribution is -2.33. The Bertz CT molecular complexity index is 522. The van der Waals surface area contributed by atoms with Crippen molar-refractivity contribution in [3.8, 4) is 0 Å². The van der Waals surface area contributed by atoms with E-state index in [1.807, 2.05) is 0 Å². The third kappa shape index (κ3) is 3.36. The molecular weight excluding hydrogens is 291 g/mol. The lowest BCUT2D eigenvalue weighted by molar-refractivity contribution is -0.141. The second-order valence-corrected chi connectivity index (χ2v) is 5.30. The molecule has 1 amide bonds. The largest absolute Gasteiger partial charge is 0.481 e. The van der Waals surface area contributed by atoms with Gasteiger partial charge >= 0.3 is 5.97 Å². The number of carbonyl (C=O) groups is 2. The summed E-state index contributed by atoms with van der Waals surface area (Å²) in [5.74, 6) is -1.56. The minimum absolute atomic E-state index is 0.142. The maximum absolute atomic E-state index is 12.0. The van der Waals surface area contributed by atoms with Crippen molar-refractivity contribution in [3.63, 3.8) is 0 Å². The number of carbonyl (C=O) groups excluding carboxylic acids is 1. The van der Waals surface area contributed by atoms with Crippen molar-refractivity contribution in [1.29, 1.82) is 0 Å². The van der Waals surface area contributed by atoms with Crippen molar-refractivity contribution in [2.45, 2.75) is 25.3 Å². The molecule has 7 heteroatoms. The van der Waals surface area contributed by atoms with Crippen LogP contribution in [0.15, 0.2) is 12.3 Å². The molecule has 0 spiro atoms. The van der Waals surface area contributed by atoms with Gasteiger partial charge in [-0.25, -0.2) is 4.98 Å². The van der Waals surface area contributed by atoms with Crippen LogP contribution in [0, 0.1) is 5.92 Å². The van der Waals surface area contributed by atoms with E-state index in [0.29, 0.717) is 19.3 Å². The van der Waals surface area contributed by atoms with Crippen molar-refractivity contribution < 1.29 is 14.7 Å². The van der Waals surface area contributed by atoms with E-state index in [1.54, 1.807) is 0 Å². The second-order valence-electron chi connectivity index (χ2n) is 4.51. The normalized spacial score (nSPS) is 22.2. The lowest BCUT2D eigenvalue weighted by Gasteiger charge is -2.13. The Morgan fingerprint density at radius 3 is 2.74 bits per heavy atom. The predicted molar refractivity (Wildman–Crippen MR) is 70.5 cm³/mol. The Balaban J connectivity index is 2.02. The number of nitrogens with zero attached hydrogens (tertiary/aromatic N) is 1. The number of aromatic nitrogens is 1. The van der Waals surface area contributed by atoms with Gasteiger partial charge < -0.3 is 10.4 Å². The molecule has 19 heavy (non-hydrogen) atoms. The van der Waals surface area contributed by atoms with Crippen LogP contribution in [-0.2, 0) is 4.79 Å². The predicted octanol–water partition coefficient (Wildman–Crippen LogP) is 2.37. The molecular formula is C12H12Cl2N2O3. The van der Waals surface area contributed by atoms with Crippen molar-refractivity contribution in [3.05, 3.63) is 28.0 Å². The molecule has 1 saturated carbocycles. The molecule has 0 saturated heterocycles. The summed E-state index contributed by atoms with van der Waals surface area (Å²) in [6.45, 7) is 0. The summed E-state index contributed by atoms with van der Waals surface area (Å²) < 4.78 is 0. The molecule has 5 nitrogen and oxygen atoms in total. The van der Waals surface area contributed by atoms with E-state index in [-0.39, 0.29) is 33.6 Å². The topological polar surface area (TPSA) is 79.3 Å². The van der Waals surface area contributed by atoms with Crippen LogP contribution < -0.4 is 5.32 Å². The van der Waals surface area contributed by atoms with Gasteiger partial charge in [0.05, 0.1) is 16.5 Å². The fraction of sp³-hybridized carbons (Fsp3) is 0.417. The minimum atomic E-state index is -0.818. The number of nitrogens with one attached hydrogen (secondary N) is 1. The molecule has 2 rings (SSSR count). The Morgan fingerprint density at radius 1 is 1.37 bits per heavy atom. The van der Waals surface area contributed by atoms with Crippen LogP contribution in [0.25, 0.3) is 0 Å². The van der Waals surface area contributed by atoms with Gasteiger partial charge in [-0.05, 0) is 25.3 Å². The SMILES string of the molecule is O=C(N[C@H]1CC[C@@H](C(=O)O)C1)c1cc(Cl)ncc1Cl. The zero-order chi connectivity index (χ0) is 14.0. The quantitative estimate of drug-likeness (QED) is 0.840. The smallest absolute Gasteiger partial charge is 0.306 e. The third-order valence-corrected chi connectivity index (χ3v) is 3.69. The van der Waals surface area contributed by atoms with Crippen molar-refractivity contribution in [2.24, 2.45) is 5.92 Å². The summed E-state index contributed by atoms with van der Waals surface area (Å²) >= 11 is 11.6. The average molecular weight is 303 g/mol. The molecule has 0 aliphatic heterocycles. The first-order valence-electron chi connectivity index (χ1n) is 5.82. The summed E-state index contributed by atoms with van der Waals surface area (Å²) in [5, 5.41) is 12.1. The standard InChI is InChI=1S/C12H12Cl2N2O3/c13-9-5-15-10(14)4-8(9)11(17)16-7-2-1-6(3-7)12(18)19/h4-7H,1-3H2,(H,16,17)(H,18,19)/t6-,7+/m1/s1. The molecule has 0 aromatic carbocycles. The molecule has 0 unspecified atom stereocenters. The van der Waals surface area contributed by atoms with Crippen molar-refractivity contribution in [2.75, 3.05) is 0 Å². The van der Waals surface area contributed by atoms with Crippen LogP contribution in [0.1, 0.15) is 29.6 Å². The molecule has 1 aromatic heterocycles. The monoisotopic (exact) mass is 302 g/mol. The Kier molecular flexibility index (Phi) is 4.27. The van der Waals surface area contributed by atoms with Gasteiger partial charge in [-0.1, -0.05) is 23.2 Å². The van der Waals surface area contributed by atoms with Gasteiger partial charge in [0.25, 0.3) is 5.91 Å². The highest BCUT2D eigenvalue weighted by molar-refractivity contribution is 6.35. The van der Waals surface area contributed by atoms with Gasteiger partial charge in [0, 0.05) is 12.2 Å². The number of aliphatic carboxylic acids is 1. The summed E-state index contributed by atoms with van der Waals surface area (Å²) in [7, 11) is 0. The average Bonchev–Trinajstić information content (AvgIpc) is 2.80. The Labute approximate surface area is 119 Å². The number of carboxylic acids is 1. The molecule has 1 aliphatic rings. The number of hydrogen-bond acceptors (Lipinski definition) is 3. The van der Waals surface area contributed by atoms with E-state index >= 15 is 0 Å². The highest BCUT2D eigenvalue weighted by Crippen LogP contribution is 2.26. The fourth-order valence-electron chi connectivity index (χ4n) is 2.19. The first-order chi connectivity index (χ1) is 8.97. The number of carboxylic acid groups (broad SMARTS) is 1. The zero-order valence-corrected chi connectivity index (χ0v) is 11.4. The molecule has 2 N–H and O–H groups in total. The van der Waals surface area contributed by atoms with Gasteiger partial charge in [0.1, 0.15) is 5.15 Å². The summed E-state index contributed by atoms with van der Waals surface area (Å²) in [4.78, 5) is 26.6. The van der Waals surface area contributed by atoms with E-state index < -0.39 is 5.97 Å². The van der Waals surface area contributed by atoms with Gasteiger partial charge in [-0.3, -0.25) is 9.59 Å². The number of hydrogen-bond donors (Lipinski definition) is 2. The Hall–Kier alpha value is -1.33. The number of rotatable bonds is 3. The van der Waals surface area contributed by atoms with Crippen LogP contribution in [0.3, 0.4) is 0 Å². The number of amides is 1. The van der Waals surface area contributed by atoms with Crippen LogP contribution >= 0.6 is 23.2 Å². The minimum Gasteiger partial charge on any atom is -0.481 e. The zero-order valence-electron chi connectivity index (χ0n) is 9.90. The number of pyridine rings is 1.